The number of carbonyl (C=O) groups excluding carboxylic acids is 1. The van der Waals surface area contributed by atoms with Crippen LogP contribution in [0.3, 0.4) is 0 Å². The molecule has 0 aliphatic carbocycles. The summed E-state index contributed by atoms with van der Waals surface area (Å²) >= 11 is 0. The van der Waals surface area contributed by atoms with Crippen LogP contribution < -0.4 is 15.4 Å². The van der Waals surface area contributed by atoms with E-state index in [-0.39, 0.29) is 24.2 Å². The largest absolute Gasteiger partial charge is 0.508 e. The lowest BCUT2D eigenvalue weighted by atomic mass is 10.1. The van der Waals surface area contributed by atoms with E-state index in [1.165, 1.54) is 12.1 Å². The second kappa shape index (κ2) is 9.41. The molecule has 3 aromatic carbocycles. The fraction of sp³-hybridized carbons (Fsp3) is 0.136. The highest BCUT2D eigenvalue weighted by Gasteiger charge is 2.04. The summed E-state index contributed by atoms with van der Waals surface area (Å²) in [4.78, 5) is 12.0. The Morgan fingerprint density at radius 2 is 1.75 bits per heavy atom. The molecule has 0 unspecified atom stereocenters. The normalized spacial score (nSPS) is 10.3. The van der Waals surface area contributed by atoms with Crippen LogP contribution in [0.5, 0.6) is 11.5 Å². The van der Waals surface area contributed by atoms with E-state index in [0.29, 0.717) is 24.4 Å². The molecule has 0 radical (unpaired) electrons. The van der Waals surface area contributed by atoms with Crippen LogP contribution in [0.1, 0.15) is 11.1 Å². The monoisotopic (exact) mass is 380 g/mol. The number of halogens is 1. The Morgan fingerprint density at radius 1 is 0.964 bits per heavy atom. The standard InChI is InChI=1S/C22H21FN2O3/c23-18-4-1-3-17(13-18)15-28-21-6-2-5-19(14-21)25-22(27)24-12-11-16-7-9-20(26)10-8-16/h1-10,13-14,26H,11-12,15H2,(H2,24,25,27). The number of aromatic hydroxyl groups is 1. The van der Waals surface area contributed by atoms with Crippen LogP contribution in [0.25, 0.3) is 0 Å². The highest BCUT2D eigenvalue weighted by molar-refractivity contribution is 5.89. The number of rotatable bonds is 7. The first-order valence-corrected chi connectivity index (χ1v) is 8.88. The highest BCUT2D eigenvalue weighted by atomic mass is 19.1. The van der Waals surface area contributed by atoms with Gasteiger partial charge in [-0.25, -0.2) is 9.18 Å². The van der Waals surface area contributed by atoms with Gasteiger partial charge in [0.05, 0.1) is 0 Å². The Hall–Kier alpha value is -3.54. The molecule has 3 rings (SSSR count). The number of hydrogen-bond acceptors (Lipinski definition) is 3. The highest BCUT2D eigenvalue weighted by Crippen LogP contribution is 2.19. The third-order valence-electron chi connectivity index (χ3n) is 4.02. The lowest BCUT2D eigenvalue weighted by molar-refractivity contribution is 0.252. The average molecular weight is 380 g/mol. The Morgan fingerprint density at radius 3 is 2.54 bits per heavy atom. The molecule has 28 heavy (non-hydrogen) atoms. The fourth-order valence-electron chi connectivity index (χ4n) is 2.62. The Labute approximate surface area is 162 Å². The topological polar surface area (TPSA) is 70.6 Å². The smallest absolute Gasteiger partial charge is 0.319 e. The molecule has 5 nitrogen and oxygen atoms in total. The molecule has 144 valence electrons. The van der Waals surface area contributed by atoms with Crippen molar-refractivity contribution in [3.05, 3.63) is 89.7 Å². The van der Waals surface area contributed by atoms with Gasteiger partial charge in [0.2, 0.25) is 0 Å². The first-order chi connectivity index (χ1) is 13.6. The molecule has 0 bridgehead atoms. The molecule has 3 aromatic rings. The van der Waals surface area contributed by atoms with E-state index in [4.69, 9.17) is 4.74 Å². The maximum absolute atomic E-state index is 13.2. The van der Waals surface area contributed by atoms with Crippen LogP contribution in [0, 0.1) is 5.82 Å². The molecule has 0 spiro atoms. The molecule has 0 aliphatic heterocycles. The van der Waals surface area contributed by atoms with Crippen LogP contribution in [-0.2, 0) is 13.0 Å². The molecule has 0 saturated carbocycles. The molecule has 0 aromatic heterocycles. The summed E-state index contributed by atoms with van der Waals surface area (Å²) in [5.41, 5.74) is 2.34. The molecule has 2 amide bonds. The zero-order valence-corrected chi connectivity index (χ0v) is 15.2. The van der Waals surface area contributed by atoms with Gasteiger partial charge in [0.15, 0.2) is 0 Å². The van der Waals surface area contributed by atoms with Crippen LogP contribution in [0.4, 0.5) is 14.9 Å². The Kier molecular flexibility index (Phi) is 6.46. The van der Waals surface area contributed by atoms with Gasteiger partial charge in [0.1, 0.15) is 23.9 Å². The first kappa shape index (κ1) is 19.2. The second-order valence-corrected chi connectivity index (χ2v) is 6.24. The molecule has 0 fully saturated rings. The van der Waals surface area contributed by atoms with E-state index in [2.05, 4.69) is 10.6 Å². The quantitative estimate of drug-likeness (QED) is 0.566. The van der Waals surface area contributed by atoms with Crippen LogP contribution in [-0.4, -0.2) is 17.7 Å². The third-order valence-corrected chi connectivity index (χ3v) is 4.02. The molecular formula is C22H21FN2O3. The summed E-state index contributed by atoms with van der Waals surface area (Å²) in [5, 5.41) is 14.8. The second-order valence-electron chi connectivity index (χ2n) is 6.24. The van der Waals surface area contributed by atoms with Crippen LogP contribution >= 0.6 is 0 Å². The third kappa shape index (κ3) is 6.02. The van der Waals surface area contributed by atoms with Gasteiger partial charge >= 0.3 is 6.03 Å². The number of phenols is 1. The number of benzene rings is 3. The van der Waals surface area contributed by atoms with Gasteiger partial charge in [0, 0.05) is 18.3 Å². The number of hydrogen-bond donors (Lipinski definition) is 3. The number of anilines is 1. The predicted octanol–water partition coefficient (Wildman–Crippen LogP) is 4.47. The van der Waals surface area contributed by atoms with Gasteiger partial charge in [-0.3, -0.25) is 0 Å². The summed E-state index contributed by atoms with van der Waals surface area (Å²) in [6.07, 6.45) is 0.657. The van der Waals surface area contributed by atoms with E-state index < -0.39 is 0 Å². The van der Waals surface area contributed by atoms with Crippen molar-refractivity contribution < 1.29 is 19.0 Å². The molecule has 0 heterocycles. The van der Waals surface area contributed by atoms with Crippen LogP contribution in [0.15, 0.2) is 72.8 Å². The maximum Gasteiger partial charge on any atom is 0.319 e. The van der Waals surface area contributed by atoms with Gasteiger partial charge in [0.25, 0.3) is 0 Å². The summed E-state index contributed by atoms with van der Waals surface area (Å²) in [7, 11) is 0. The lowest BCUT2D eigenvalue weighted by Gasteiger charge is -2.10. The average Bonchev–Trinajstić information content (AvgIpc) is 2.68. The van der Waals surface area contributed by atoms with Crippen molar-refractivity contribution in [1.82, 2.24) is 5.32 Å². The molecule has 3 N–H and O–H groups in total. The molecule has 0 aliphatic rings. The van der Waals surface area contributed by atoms with Gasteiger partial charge < -0.3 is 20.5 Å². The van der Waals surface area contributed by atoms with E-state index >= 15 is 0 Å². The Bertz CT molecular complexity index is 929. The number of nitrogens with one attached hydrogen (secondary N) is 2. The van der Waals surface area contributed by atoms with Gasteiger partial charge in [-0.15, -0.1) is 0 Å². The zero-order chi connectivity index (χ0) is 19.8. The minimum atomic E-state index is -0.318. The minimum absolute atomic E-state index is 0.217. The van der Waals surface area contributed by atoms with Gasteiger partial charge in [-0.1, -0.05) is 30.3 Å². The number of carbonyl (C=O) groups is 1. The van der Waals surface area contributed by atoms with Gasteiger partial charge in [-0.2, -0.15) is 0 Å². The van der Waals surface area contributed by atoms with E-state index in [1.54, 1.807) is 48.5 Å². The van der Waals surface area contributed by atoms with Crippen molar-refractivity contribution in [2.45, 2.75) is 13.0 Å². The molecule has 6 heteroatoms. The van der Waals surface area contributed by atoms with Gasteiger partial charge in [-0.05, 0) is 53.9 Å². The predicted molar refractivity (Wildman–Crippen MR) is 106 cm³/mol. The summed E-state index contributed by atoms with van der Waals surface area (Å²) < 4.78 is 18.9. The molecule has 0 saturated heterocycles. The van der Waals surface area contributed by atoms with Crippen molar-refractivity contribution in [1.29, 1.82) is 0 Å². The van der Waals surface area contributed by atoms with Crippen molar-refractivity contribution in [3.8, 4) is 11.5 Å². The SMILES string of the molecule is O=C(NCCc1ccc(O)cc1)Nc1cccc(OCc2cccc(F)c2)c1. The fourth-order valence-corrected chi connectivity index (χ4v) is 2.62. The number of amides is 2. The number of phenolic OH excluding ortho intramolecular Hbond substituents is 1. The zero-order valence-electron chi connectivity index (χ0n) is 15.2. The minimum Gasteiger partial charge on any atom is -0.508 e. The van der Waals surface area contributed by atoms with E-state index in [9.17, 15) is 14.3 Å². The van der Waals surface area contributed by atoms with Crippen molar-refractivity contribution >= 4 is 11.7 Å². The first-order valence-electron chi connectivity index (χ1n) is 8.88. The van der Waals surface area contributed by atoms with E-state index in [1.807, 2.05) is 12.1 Å². The number of ether oxygens (including phenoxy) is 1. The lowest BCUT2D eigenvalue weighted by Crippen LogP contribution is -2.30. The van der Waals surface area contributed by atoms with E-state index in [0.717, 1.165) is 11.1 Å². The summed E-state index contributed by atoms with van der Waals surface area (Å²) in [5.74, 6) is 0.487. The van der Waals surface area contributed by atoms with Crippen LogP contribution in [0.2, 0.25) is 0 Å². The van der Waals surface area contributed by atoms with Crippen molar-refractivity contribution in [2.75, 3.05) is 11.9 Å². The molecular weight excluding hydrogens is 359 g/mol. The molecule has 0 atom stereocenters. The van der Waals surface area contributed by atoms with Crippen molar-refractivity contribution in [3.63, 3.8) is 0 Å². The number of urea groups is 1. The summed E-state index contributed by atoms with van der Waals surface area (Å²) in [6.45, 7) is 0.701. The Balaban J connectivity index is 1.46. The maximum atomic E-state index is 13.2. The van der Waals surface area contributed by atoms with Crippen molar-refractivity contribution in [2.24, 2.45) is 0 Å². The summed E-state index contributed by atoms with van der Waals surface area (Å²) in [6, 6.07) is 19.8.